The predicted molar refractivity (Wildman–Crippen MR) is 69.3 cm³/mol. The highest BCUT2D eigenvalue weighted by molar-refractivity contribution is 5.91. The smallest absolute Gasteiger partial charge is 0.338 e. The molecule has 0 spiro atoms. The number of rotatable bonds is 5. The molecule has 1 aromatic carbocycles. The molecule has 1 aromatic rings. The van der Waals surface area contributed by atoms with Gasteiger partial charge in [-0.1, -0.05) is 6.92 Å². The zero-order valence-electron chi connectivity index (χ0n) is 11.0. The molecule has 0 radical (unpaired) electrons. The summed E-state index contributed by atoms with van der Waals surface area (Å²) in [5, 5.41) is 11.3. The molecule has 0 heterocycles. The van der Waals surface area contributed by atoms with Crippen LogP contribution in [0.3, 0.4) is 0 Å². The molecular formula is C14H16N2O3. The topological polar surface area (TPSA) is 79.2 Å². The Bertz CT molecular complexity index is 488. The van der Waals surface area contributed by atoms with Gasteiger partial charge in [0.25, 0.3) is 5.91 Å². The summed E-state index contributed by atoms with van der Waals surface area (Å²) in [7, 11) is 0. The van der Waals surface area contributed by atoms with Crippen LogP contribution >= 0.6 is 0 Å². The van der Waals surface area contributed by atoms with Gasteiger partial charge in [0.2, 0.25) is 0 Å². The molecule has 0 aliphatic heterocycles. The molecule has 1 atom stereocenters. The molecule has 1 N–H and O–H groups in total. The Morgan fingerprint density at radius 1 is 1.37 bits per heavy atom. The number of hydrogen-bond acceptors (Lipinski definition) is 4. The van der Waals surface area contributed by atoms with Crippen molar-refractivity contribution in [2.75, 3.05) is 6.61 Å². The van der Waals surface area contributed by atoms with E-state index in [-0.39, 0.29) is 18.6 Å². The first kappa shape index (κ1) is 14.7. The van der Waals surface area contributed by atoms with Crippen LogP contribution in [0, 0.1) is 11.3 Å². The summed E-state index contributed by atoms with van der Waals surface area (Å²) in [6, 6.07) is 8.05. The average molecular weight is 260 g/mol. The van der Waals surface area contributed by atoms with Crippen LogP contribution in [0.5, 0.6) is 0 Å². The van der Waals surface area contributed by atoms with Gasteiger partial charge in [-0.25, -0.2) is 4.79 Å². The van der Waals surface area contributed by atoms with Gasteiger partial charge in [-0.05, 0) is 37.6 Å². The van der Waals surface area contributed by atoms with E-state index in [2.05, 4.69) is 5.32 Å². The predicted octanol–water partition coefficient (Wildman–Crippen LogP) is 1.63. The van der Waals surface area contributed by atoms with Gasteiger partial charge in [0.15, 0.2) is 6.61 Å². The first-order valence-electron chi connectivity index (χ1n) is 6.03. The van der Waals surface area contributed by atoms with Gasteiger partial charge >= 0.3 is 5.97 Å². The Labute approximate surface area is 112 Å². The van der Waals surface area contributed by atoms with Crippen LogP contribution in [0.25, 0.3) is 0 Å². The molecular weight excluding hydrogens is 244 g/mol. The second kappa shape index (κ2) is 7.17. The van der Waals surface area contributed by atoms with Crippen LogP contribution in [-0.4, -0.2) is 24.5 Å². The van der Waals surface area contributed by atoms with Crippen LogP contribution in [0.15, 0.2) is 24.3 Å². The minimum absolute atomic E-state index is 0.0566. The molecule has 5 nitrogen and oxygen atoms in total. The third-order valence-corrected chi connectivity index (χ3v) is 2.60. The summed E-state index contributed by atoms with van der Waals surface area (Å²) >= 11 is 0. The highest BCUT2D eigenvalue weighted by Gasteiger charge is 2.11. The SMILES string of the molecule is CC[C@@H](C)NC(=O)COC(=O)c1ccc(C#N)cc1. The number of carbonyl (C=O) groups is 2. The second-order valence-electron chi connectivity index (χ2n) is 4.14. The fraction of sp³-hybridized carbons (Fsp3) is 0.357. The van der Waals surface area contributed by atoms with Crippen LogP contribution in [0.1, 0.15) is 36.2 Å². The van der Waals surface area contributed by atoms with Crippen molar-refractivity contribution in [1.29, 1.82) is 5.26 Å². The molecule has 0 unspecified atom stereocenters. The van der Waals surface area contributed by atoms with E-state index in [9.17, 15) is 9.59 Å². The lowest BCUT2D eigenvalue weighted by Gasteiger charge is -2.11. The van der Waals surface area contributed by atoms with Crippen molar-refractivity contribution in [2.45, 2.75) is 26.3 Å². The van der Waals surface area contributed by atoms with Crippen molar-refractivity contribution >= 4 is 11.9 Å². The third kappa shape index (κ3) is 4.80. The van der Waals surface area contributed by atoms with E-state index in [1.54, 1.807) is 0 Å². The number of nitrogens with zero attached hydrogens (tertiary/aromatic N) is 1. The molecule has 19 heavy (non-hydrogen) atoms. The van der Waals surface area contributed by atoms with Gasteiger partial charge in [0, 0.05) is 6.04 Å². The van der Waals surface area contributed by atoms with Gasteiger partial charge < -0.3 is 10.1 Å². The Morgan fingerprint density at radius 2 is 2.00 bits per heavy atom. The number of benzene rings is 1. The summed E-state index contributed by atoms with van der Waals surface area (Å²) < 4.78 is 4.87. The van der Waals surface area contributed by atoms with E-state index in [0.717, 1.165) is 6.42 Å². The lowest BCUT2D eigenvalue weighted by atomic mass is 10.1. The Hall–Kier alpha value is -2.35. The van der Waals surface area contributed by atoms with E-state index in [4.69, 9.17) is 10.00 Å². The van der Waals surface area contributed by atoms with Crippen molar-refractivity contribution in [3.05, 3.63) is 35.4 Å². The van der Waals surface area contributed by atoms with Gasteiger partial charge in [0.05, 0.1) is 17.2 Å². The number of carbonyl (C=O) groups excluding carboxylic acids is 2. The van der Waals surface area contributed by atoms with E-state index in [1.807, 2.05) is 19.9 Å². The molecule has 0 saturated carbocycles. The maximum atomic E-state index is 11.6. The van der Waals surface area contributed by atoms with Gasteiger partial charge in [-0.3, -0.25) is 4.79 Å². The van der Waals surface area contributed by atoms with Gasteiger partial charge in [-0.15, -0.1) is 0 Å². The molecule has 0 fully saturated rings. The molecule has 0 bridgehead atoms. The van der Waals surface area contributed by atoms with E-state index >= 15 is 0 Å². The number of nitrogens with one attached hydrogen (secondary N) is 1. The largest absolute Gasteiger partial charge is 0.452 e. The minimum atomic E-state index is -0.580. The Kier molecular flexibility index (Phi) is 5.55. The quantitative estimate of drug-likeness (QED) is 0.816. The van der Waals surface area contributed by atoms with Crippen LogP contribution in [0.2, 0.25) is 0 Å². The zero-order chi connectivity index (χ0) is 14.3. The highest BCUT2D eigenvalue weighted by Crippen LogP contribution is 2.05. The fourth-order valence-corrected chi connectivity index (χ4v) is 1.31. The molecule has 0 aromatic heterocycles. The lowest BCUT2D eigenvalue weighted by molar-refractivity contribution is -0.124. The molecule has 0 aliphatic rings. The number of esters is 1. The second-order valence-corrected chi connectivity index (χ2v) is 4.14. The maximum absolute atomic E-state index is 11.6. The normalized spacial score (nSPS) is 11.2. The van der Waals surface area contributed by atoms with Crippen LogP contribution in [0.4, 0.5) is 0 Å². The average Bonchev–Trinajstić information content (AvgIpc) is 2.44. The van der Waals surface area contributed by atoms with Crippen molar-refractivity contribution in [1.82, 2.24) is 5.32 Å². The van der Waals surface area contributed by atoms with Crippen molar-refractivity contribution in [3.8, 4) is 6.07 Å². The van der Waals surface area contributed by atoms with Gasteiger partial charge in [-0.2, -0.15) is 5.26 Å². The summed E-state index contributed by atoms with van der Waals surface area (Å²) in [6.45, 7) is 3.53. The van der Waals surface area contributed by atoms with Crippen LogP contribution in [-0.2, 0) is 9.53 Å². The molecule has 1 amide bonds. The molecule has 0 saturated heterocycles. The summed E-state index contributed by atoms with van der Waals surface area (Å²) in [6.07, 6.45) is 0.815. The number of nitriles is 1. The Balaban J connectivity index is 2.47. The van der Waals surface area contributed by atoms with E-state index in [0.29, 0.717) is 11.1 Å². The molecule has 1 rings (SSSR count). The monoisotopic (exact) mass is 260 g/mol. The zero-order valence-corrected chi connectivity index (χ0v) is 11.0. The number of amides is 1. The highest BCUT2D eigenvalue weighted by atomic mass is 16.5. The minimum Gasteiger partial charge on any atom is -0.452 e. The van der Waals surface area contributed by atoms with Gasteiger partial charge in [0.1, 0.15) is 0 Å². The van der Waals surface area contributed by atoms with E-state index < -0.39 is 5.97 Å². The summed E-state index contributed by atoms with van der Waals surface area (Å²) in [4.78, 5) is 23.0. The first-order valence-corrected chi connectivity index (χ1v) is 6.03. The fourth-order valence-electron chi connectivity index (χ4n) is 1.31. The first-order chi connectivity index (χ1) is 9.06. The maximum Gasteiger partial charge on any atom is 0.338 e. The molecule has 0 aliphatic carbocycles. The van der Waals surface area contributed by atoms with Crippen LogP contribution < -0.4 is 5.32 Å². The Morgan fingerprint density at radius 3 is 2.53 bits per heavy atom. The number of ether oxygens (including phenoxy) is 1. The molecule has 5 heteroatoms. The number of hydrogen-bond donors (Lipinski definition) is 1. The van der Waals surface area contributed by atoms with Crippen molar-refractivity contribution < 1.29 is 14.3 Å². The molecule has 100 valence electrons. The third-order valence-electron chi connectivity index (χ3n) is 2.60. The lowest BCUT2D eigenvalue weighted by Crippen LogP contribution is -2.35. The summed E-state index contributed by atoms with van der Waals surface area (Å²) in [5.74, 6) is -0.903. The van der Waals surface area contributed by atoms with Crippen molar-refractivity contribution in [2.24, 2.45) is 0 Å². The van der Waals surface area contributed by atoms with Crippen molar-refractivity contribution in [3.63, 3.8) is 0 Å². The summed E-state index contributed by atoms with van der Waals surface area (Å²) in [5.41, 5.74) is 0.779. The standard InChI is InChI=1S/C14H16N2O3/c1-3-10(2)16-13(17)9-19-14(18)12-6-4-11(8-15)5-7-12/h4-7,10H,3,9H2,1-2H3,(H,16,17)/t10-/m1/s1. The van der Waals surface area contributed by atoms with E-state index in [1.165, 1.54) is 24.3 Å².